The van der Waals surface area contributed by atoms with E-state index in [1.165, 1.54) is 5.56 Å². The molecule has 4 heteroatoms. The van der Waals surface area contributed by atoms with Gasteiger partial charge >= 0.3 is 0 Å². The van der Waals surface area contributed by atoms with Crippen molar-refractivity contribution in [2.45, 2.75) is 26.7 Å². The predicted octanol–water partition coefficient (Wildman–Crippen LogP) is 3.24. The van der Waals surface area contributed by atoms with Crippen LogP contribution in [0, 0.1) is 0 Å². The highest BCUT2D eigenvalue weighted by atomic mass is 35.5. The van der Waals surface area contributed by atoms with Crippen molar-refractivity contribution >= 4 is 17.5 Å². The largest absolute Gasteiger partial charge is 0.336 e. The number of hydrogen-bond acceptors (Lipinski definition) is 2. The summed E-state index contributed by atoms with van der Waals surface area (Å²) in [6.07, 6.45) is 0. The highest BCUT2D eigenvalue weighted by Gasteiger charge is 2.23. The number of carbonyl (C=O) groups is 1. The second-order valence-electron chi connectivity index (χ2n) is 5.62. The third-order valence-corrected chi connectivity index (χ3v) is 4.31. The average molecular weight is 295 g/mol. The summed E-state index contributed by atoms with van der Waals surface area (Å²) in [6.45, 7) is 10.9. The number of halogens is 1. The van der Waals surface area contributed by atoms with Crippen molar-refractivity contribution in [2.75, 3.05) is 32.7 Å². The Balaban J connectivity index is 2.10. The molecule has 1 fully saturated rings. The number of piperazine rings is 1. The molecule has 0 unspecified atom stereocenters. The predicted molar refractivity (Wildman–Crippen MR) is 83.6 cm³/mol. The third kappa shape index (κ3) is 3.33. The standard InChI is InChI=1S/C16H23ClN2O/c1-4-18-7-9-19(10-8-18)16(20)14-6-5-13(12(2)3)11-15(14)17/h5-6,11-12H,4,7-10H2,1-3H3. The molecule has 0 aliphatic carbocycles. The molecule has 1 amide bonds. The van der Waals surface area contributed by atoms with Crippen LogP contribution in [0.25, 0.3) is 0 Å². The molecule has 1 heterocycles. The van der Waals surface area contributed by atoms with Crippen LogP contribution < -0.4 is 0 Å². The smallest absolute Gasteiger partial charge is 0.255 e. The van der Waals surface area contributed by atoms with E-state index in [1.807, 2.05) is 23.1 Å². The van der Waals surface area contributed by atoms with Crippen molar-refractivity contribution in [3.05, 3.63) is 34.3 Å². The fourth-order valence-electron chi connectivity index (χ4n) is 2.50. The monoisotopic (exact) mass is 294 g/mol. The molecular weight excluding hydrogens is 272 g/mol. The summed E-state index contributed by atoms with van der Waals surface area (Å²) in [4.78, 5) is 16.8. The first-order chi connectivity index (χ1) is 9.52. The Bertz CT molecular complexity index is 479. The number of likely N-dealkylation sites (N-methyl/N-ethyl adjacent to an activating group) is 1. The SMILES string of the molecule is CCN1CCN(C(=O)c2ccc(C(C)C)cc2Cl)CC1. The van der Waals surface area contributed by atoms with Crippen LogP contribution in [0.5, 0.6) is 0 Å². The lowest BCUT2D eigenvalue weighted by atomic mass is 10.0. The van der Waals surface area contributed by atoms with E-state index in [-0.39, 0.29) is 5.91 Å². The van der Waals surface area contributed by atoms with Gasteiger partial charge in [-0.2, -0.15) is 0 Å². The van der Waals surface area contributed by atoms with Gasteiger partial charge in [-0.15, -0.1) is 0 Å². The number of nitrogens with zero attached hydrogens (tertiary/aromatic N) is 2. The number of benzene rings is 1. The highest BCUT2D eigenvalue weighted by molar-refractivity contribution is 6.33. The van der Waals surface area contributed by atoms with E-state index in [1.54, 1.807) is 0 Å². The van der Waals surface area contributed by atoms with Crippen molar-refractivity contribution in [1.82, 2.24) is 9.80 Å². The van der Waals surface area contributed by atoms with E-state index in [0.29, 0.717) is 16.5 Å². The van der Waals surface area contributed by atoms with E-state index in [2.05, 4.69) is 25.7 Å². The van der Waals surface area contributed by atoms with Crippen LogP contribution in [0.3, 0.4) is 0 Å². The van der Waals surface area contributed by atoms with Gasteiger partial charge in [0.15, 0.2) is 0 Å². The molecule has 1 aromatic carbocycles. The van der Waals surface area contributed by atoms with Gasteiger partial charge in [0.1, 0.15) is 0 Å². The van der Waals surface area contributed by atoms with Crippen LogP contribution >= 0.6 is 11.6 Å². The fourth-order valence-corrected chi connectivity index (χ4v) is 2.77. The lowest BCUT2D eigenvalue weighted by molar-refractivity contribution is 0.0643. The second kappa shape index (κ2) is 6.59. The van der Waals surface area contributed by atoms with E-state index < -0.39 is 0 Å². The van der Waals surface area contributed by atoms with Gasteiger partial charge in [0.2, 0.25) is 0 Å². The summed E-state index contributed by atoms with van der Waals surface area (Å²) in [5.41, 5.74) is 1.79. The van der Waals surface area contributed by atoms with E-state index >= 15 is 0 Å². The molecule has 3 nitrogen and oxygen atoms in total. The van der Waals surface area contributed by atoms with Crippen LogP contribution in [-0.4, -0.2) is 48.4 Å². The molecule has 0 spiro atoms. The van der Waals surface area contributed by atoms with Gasteiger partial charge < -0.3 is 9.80 Å². The molecule has 1 aliphatic heterocycles. The molecule has 0 radical (unpaired) electrons. The molecule has 0 N–H and O–H groups in total. The molecule has 2 rings (SSSR count). The molecule has 0 bridgehead atoms. The lowest BCUT2D eigenvalue weighted by Crippen LogP contribution is -2.48. The number of rotatable bonds is 3. The van der Waals surface area contributed by atoms with Gasteiger partial charge in [0.05, 0.1) is 10.6 Å². The van der Waals surface area contributed by atoms with Crippen LogP contribution in [-0.2, 0) is 0 Å². The zero-order chi connectivity index (χ0) is 14.7. The van der Waals surface area contributed by atoms with Crippen molar-refractivity contribution in [1.29, 1.82) is 0 Å². The summed E-state index contributed by atoms with van der Waals surface area (Å²) in [7, 11) is 0. The minimum Gasteiger partial charge on any atom is -0.336 e. The van der Waals surface area contributed by atoms with Crippen LogP contribution in [0.2, 0.25) is 5.02 Å². The number of carbonyl (C=O) groups excluding carboxylic acids is 1. The minimum atomic E-state index is 0.0565. The molecular formula is C16H23ClN2O. The van der Waals surface area contributed by atoms with Gasteiger partial charge in [-0.05, 0) is 30.2 Å². The quantitative estimate of drug-likeness (QED) is 0.854. The summed E-state index contributed by atoms with van der Waals surface area (Å²) >= 11 is 6.29. The zero-order valence-electron chi connectivity index (χ0n) is 12.5. The molecule has 0 saturated carbocycles. The maximum atomic E-state index is 12.5. The number of hydrogen-bond donors (Lipinski definition) is 0. The van der Waals surface area contributed by atoms with Gasteiger partial charge in [0, 0.05) is 26.2 Å². The van der Waals surface area contributed by atoms with Crippen LogP contribution in [0.1, 0.15) is 42.6 Å². The molecule has 0 aromatic heterocycles. The van der Waals surface area contributed by atoms with Crippen molar-refractivity contribution in [2.24, 2.45) is 0 Å². The van der Waals surface area contributed by atoms with Crippen molar-refractivity contribution in [3.8, 4) is 0 Å². The van der Waals surface area contributed by atoms with Crippen LogP contribution in [0.4, 0.5) is 0 Å². The van der Waals surface area contributed by atoms with Crippen molar-refractivity contribution in [3.63, 3.8) is 0 Å². The maximum Gasteiger partial charge on any atom is 0.255 e. The second-order valence-corrected chi connectivity index (χ2v) is 6.03. The molecule has 20 heavy (non-hydrogen) atoms. The lowest BCUT2D eigenvalue weighted by Gasteiger charge is -2.34. The Morgan fingerprint density at radius 2 is 1.90 bits per heavy atom. The first-order valence-corrected chi connectivity index (χ1v) is 7.71. The average Bonchev–Trinajstić information content (AvgIpc) is 2.46. The Hall–Kier alpha value is -1.06. The summed E-state index contributed by atoms with van der Waals surface area (Å²) in [5, 5.41) is 0.569. The summed E-state index contributed by atoms with van der Waals surface area (Å²) in [6, 6.07) is 5.79. The van der Waals surface area contributed by atoms with E-state index in [0.717, 1.165) is 32.7 Å². The maximum absolute atomic E-state index is 12.5. The fraction of sp³-hybridized carbons (Fsp3) is 0.562. The Kier molecular flexibility index (Phi) is 5.06. The highest BCUT2D eigenvalue weighted by Crippen LogP contribution is 2.24. The van der Waals surface area contributed by atoms with Gasteiger partial charge in [-0.1, -0.05) is 38.4 Å². The molecule has 1 aliphatic rings. The minimum absolute atomic E-state index is 0.0565. The van der Waals surface area contributed by atoms with Gasteiger partial charge in [0.25, 0.3) is 5.91 Å². The van der Waals surface area contributed by atoms with Crippen molar-refractivity contribution < 1.29 is 4.79 Å². The van der Waals surface area contributed by atoms with Gasteiger partial charge in [-0.25, -0.2) is 0 Å². The van der Waals surface area contributed by atoms with E-state index in [4.69, 9.17) is 11.6 Å². The molecule has 110 valence electrons. The van der Waals surface area contributed by atoms with Gasteiger partial charge in [-0.3, -0.25) is 4.79 Å². The summed E-state index contributed by atoms with van der Waals surface area (Å²) in [5.74, 6) is 0.478. The Labute approximate surface area is 126 Å². The van der Waals surface area contributed by atoms with E-state index in [9.17, 15) is 4.79 Å². The topological polar surface area (TPSA) is 23.6 Å². The first-order valence-electron chi connectivity index (χ1n) is 7.34. The Morgan fingerprint density at radius 3 is 2.40 bits per heavy atom. The molecule has 1 saturated heterocycles. The molecule has 0 atom stereocenters. The van der Waals surface area contributed by atoms with Crippen LogP contribution in [0.15, 0.2) is 18.2 Å². The first kappa shape index (κ1) is 15.3. The molecule has 1 aromatic rings. The normalized spacial score (nSPS) is 16.8. The third-order valence-electron chi connectivity index (χ3n) is 4.00. The summed E-state index contributed by atoms with van der Waals surface area (Å²) < 4.78 is 0. The Morgan fingerprint density at radius 1 is 1.25 bits per heavy atom. The number of amides is 1. The zero-order valence-corrected chi connectivity index (χ0v) is 13.3.